The molecule has 0 bridgehead atoms. The van der Waals surface area contributed by atoms with E-state index in [2.05, 4.69) is 4.72 Å². The summed E-state index contributed by atoms with van der Waals surface area (Å²) < 4.78 is 39.1. The summed E-state index contributed by atoms with van der Waals surface area (Å²) in [5.74, 6) is -0.414. The van der Waals surface area contributed by atoms with Gasteiger partial charge in [0.2, 0.25) is 10.0 Å². The molecule has 1 aliphatic carbocycles. The average molecular weight is 417 g/mol. The molecule has 154 valence electrons. The number of nitrogens with one attached hydrogen (secondary N) is 1. The summed E-state index contributed by atoms with van der Waals surface area (Å²) in [6.45, 7) is 3.66. The fraction of sp³-hybridized carbons (Fsp3) is 0.381. The van der Waals surface area contributed by atoms with Crippen LogP contribution in [0.5, 0.6) is 11.5 Å². The van der Waals surface area contributed by atoms with Crippen molar-refractivity contribution < 1.29 is 27.8 Å². The Labute approximate surface area is 169 Å². The summed E-state index contributed by atoms with van der Waals surface area (Å²) >= 11 is 0. The monoisotopic (exact) mass is 417 g/mol. The van der Waals surface area contributed by atoms with Gasteiger partial charge in [0.05, 0.1) is 4.90 Å². The van der Waals surface area contributed by atoms with Gasteiger partial charge in [-0.1, -0.05) is 18.2 Å². The quantitative estimate of drug-likeness (QED) is 0.701. The summed E-state index contributed by atoms with van der Waals surface area (Å²) in [5, 5.41) is 9.56. The molecule has 2 N–H and O–H groups in total. The predicted molar refractivity (Wildman–Crippen MR) is 106 cm³/mol. The highest BCUT2D eigenvalue weighted by molar-refractivity contribution is 7.89. The Bertz CT molecular complexity index is 1060. The van der Waals surface area contributed by atoms with Gasteiger partial charge in [-0.15, -0.1) is 0 Å². The minimum Gasteiger partial charge on any atom is -0.486 e. The van der Waals surface area contributed by atoms with Crippen LogP contribution >= 0.6 is 0 Å². The van der Waals surface area contributed by atoms with Crippen LogP contribution < -0.4 is 14.2 Å². The Morgan fingerprint density at radius 2 is 2.00 bits per heavy atom. The van der Waals surface area contributed by atoms with Gasteiger partial charge in [-0.2, -0.15) is 4.72 Å². The number of hydrogen-bond acceptors (Lipinski definition) is 5. The molecule has 0 aromatic heterocycles. The number of aliphatic carboxylic acids is 1. The number of carbonyl (C=O) groups is 1. The molecular formula is C21H23NO6S. The molecule has 3 atom stereocenters. The van der Waals surface area contributed by atoms with Crippen LogP contribution in [-0.2, 0) is 14.8 Å². The van der Waals surface area contributed by atoms with Crippen LogP contribution in [0.25, 0.3) is 0 Å². The van der Waals surface area contributed by atoms with Gasteiger partial charge in [-0.25, -0.2) is 13.2 Å². The second kappa shape index (κ2) is 7.35. The van der Waals surface area contributed by atoms with Crippen molar-refractivity contribution in [1.82, 2.24) is 4.72 Å². The fourth-order valence-electron chi connectivity index (χ4n) is 3.96. The lowest BCUT2D eigenvalue weighted by atomic mass is 9.97. The Hall–Kier alpha value is -2.58. The van der Waals surface area contributed by atoms with Gasteiger partial charge in [0.1, 0.15) is 6.10 Å². The Morgan fingerprint density at radius 3 is 2.72 bits per heavy atom. The van der Waals surface area contributed by atoms with Gasteiger partial charge < -0.3 is 14.6 Å². The largest absolute Gasteiger partial charge is 0.486 e. The molecular weight excluding hydrogens is 394 g/mol. The first-order chi connectivity index (χ1) is 13.8. The normalized spacial score (nSPS) is 21.2. The van der Waals surface area contributed by atoms with Gasteiger partial charge in [0, 0.05) is 11.5 Å². The van der Waals surface area contributed by atoms with Gasteiger partial charge >= 0.3 is 5.97 Å². The molecule has 0 spiro atoms. The average Bonchev–Trinajstić information content (AvgIpc) is 3.25. The maximum Gasteiger partial charge on any atom is 0.361 e. The molecule has 1 heterocycles. The van der Waals surface area contributed by atoms with E-state index in [9.17, 15) is 18.3 Å². The molecule has 2 aliphatic rings. The highest BCUT2D eigenvalue weighted by Gasteiger charge is 2.40. The summed E-state index contributed by atoms with van der Waals surface area (Å²) in [6.07, 6.45) is 1.35. The molecule has 2 aromatic rings. The molecule has 29 heavy (non-hydrogen) atoms. The zero-order chi connectivity index (χ0) is 20.8. The van der Waals surface area contributed by atoms with Crippen molar-refractivity contribution in [3.8, 4) is 11.5 Å². The molecule has 1 aliphatic heterocycles. The zero-order valence-electron chi connectivity index (χ0n) is 16.2. The molecule has 8 heteroatoms. The third-order valence-corrected chi connectivity index (χ3v) is 7.05. The van der Waals surface area contributed by atoms with Crippen molar-refractivity contribution in [2.45, 2.75) is 56.3 Å². The first-order valence-electron chi connectivity index (χ1n) is 9.55. The SMILES string of the molecule is Cc1ccc(S(=O)(=O)NC(Oc2cccc3c2OC2CCCC32)C(=O)O)cc1C. The van der Waals surface area contributed by atoms with E-state index < -0.39 is 22.2 Å². The van der Waals surface area contributed by atoms with Gasteiger partial charge in [0.15, 0.2) is 11.5 Å². The van der Waals surface area contributed by atoms with E-state index in [-0.39, 0.29) is 22.7 Å². The van der Waals surface area contributed by atoms with Gasteiger partial charge in [0.25, 0.3) is 6.23 Å². The molecule has 3 unspecified atom stereocenters. The number of carboxylic acid groups (broad SMARTS) is 1. The van der Waals surface area contributed by atoms with Crippen LogP contribution in [0, 0.1) is 13.8 Å². The highest BCUT2D eigenvalue weighted by Crippen LogP contribution is 2.50. The standard InChI is InChI=1S/C21H23NO6S/c1-12-9-10-14(11-13(12)2)29(25,26)22-20(21(23)24)28-18-8-4-6-16-15-5-3-7-17(15)27-19(16)18/h4,6,8-11,15,17,20,22H,3,5,7H2,1-2H3,(H,23,24). The Kier molecular flexibility index (Phi) is 5.00. The lowest BCUT2D eigenvalue weighted by molar-refractivity contribution is -0.145. The van der Waals surface area contributed by atoms with E-state index in [1.807, 2.05) is 13.0 Å². The number of ether oxygens (including phenoxy) is 2. The first-order valence-corrected chi connectivity index (χ1v) is 11.0. The molecule has 7 nitrogen and oxygen atoms in total. The van der Waals surface area contributed by atoms with Crippen molar-refractivity contribution >= 4 is 16.0 Å². The summed E-state index contributed by atoms with van der Waals surface area (Å²) in [6, 6.07) is 9.94. The number of rotatable bonds is 6. The number of benzene rings is 2. The van der Waals surface area contributed by atoms with Crippen LogP contribution in [0.1, 0.15) is 41.9 Å². The minimum atomic E-state index is -4.09. The number of carboxylic acids is 1. The zero-order valence-corrected chi connectivity index (χ0v) is 17.0. The van der Waals surface area contributed by atoms with Gasteiger partial charge in [-0.3, -0.25) is 0 Å². The Balaban J connectivity index is 1.59. The van der Waals surface area contributed by atoms with Crippen LogP contribution in [0.15, 0.2) is 41.3 Å². The van der Waals surface area contributed by atoms with E-state index in [1.165, 1.54) is 12.1 Å². The van der Waals surface area contributed by atoms with Gasteiger partial charge in [-0.05, 0) is 62.4 Å². The molecule has 1 fully saturated rings. The number of aryl methyl sites for hydroxylation is 2. The molecule has 1 saturated carbocycles. The topological polar surface area (TPSA) is 102 Å². The van der Waals surface area contributed by atoms with Crippen molar-refractivity contribution in [3.05, 3.63) is 53.1 Å². The second-order valence-corrected chi connectivity index (χ2v) is 9.29. The predicted octanol–water partition coefficient (Wildman–Crippen LogP) is 3.10. The van der Waals surface area contributed by atoms with E-state index in [4.69, 9.17) is 9.47 Å². The lowest BCUT2D eigenvalue weighted by Crippen LogP contribution is -2.44. The molecule has 0 radical (unpaired) electrons. The van der Waals surface area contributed by atoms with E-state index >= 15 is 0 Å². The van der Waals surface area contributed by atoms with Crippen LogP contribution in [0.4, 0.5) is 0 Å². The number of hydrogen-bond donors (Lipinski definition) is 2. The molecule has 0 amide bonds. The molecule has 4 rings (SSSR count). The minimum absolute atomic E-state index is 0.0143. The Morgan fingerprint density at radius 1 is 1.21 bits per heavy atom. The summed E-state index contributed by atoms with van der Waals surface area (Å²) in [5.41, 5.74) is 2.73. The molecule has 2 aromatic carbocycles. The van der Waals surface area contributed by atoms with E-state index in [0.29, 0.717) is 5.75 Å². The van der Waals surface area contributed by atoms with Crippen LogP contribution in [0.3, 0.4) is 0 Å². The van der Waals surface area contributed by atoms with Crippen molar-refractivity contribution in [3.63, 3.8) is 0 Å². The maximum absolute atomic E-state index is 12.7. The summed E-state index contributed by atoms with van der Waals surface area (Å²) in [7, 11) is -4.09. The third kappa shape index (κ3) is 3.70. The number of para-hydroxylation sites is 1. The van der Waals surface area contributed by atoms with Crippen molar-refractivity contribution in [2.75, 3.05) is 0 Å². The van der Waals surface area contributed by atoms with E-state index in [1.54, 1.807) is 25.1 Å². The van der Waals surface area contributed by atoms with E-state index in [0.717, 1.165) is 36.0 Å². The number of sulfonamides is 1. The highest BCUT2D eigenvalue weighted by atomic mass is 32.2. The summed E-state index contributed by atoms with van der Waals surface area (Å²) in [4.78, 5) is 11.7. The fourth-order valence-corrected chi connectivity index (χ4v) is 5.11. The van der Waals surface area contributed by atoms with Crippen molar-refractivity contribution in [2.24, 2.45) is 0 Å². The smallest absolute Gasteiger partial charge is 0.361 e. The lowest BCUT2D eigenvalue weighted by Gasteiger charge is -2.19. The van der Waals surface area contributed by atoms with Crippen LogP contribution in [-0.4, -0.2) is 31.8 Å². The maximum atomic E-state index is 12.7. The van der Waals surface area contributed by atoms with Crippen molar-refractivity contribution in [1.29, 1.82) is 0 Å². The molecule has 0 saturated heterocycles. The van der Waals surface area contributed by atoms with Crippen LogP contribution in [0.2, 0.25) is 0 Å². The number of fused-ring (bicyclic) bond motifs is 3. The first kappa shape index (κ1) is 19.7. The third-order valence-electron chi connectivity index (χ3n) is 5.65. The second-order valence-electron chi connectivity index (χ2n) is 7.57.